The van der Waals surface area contributed by atoms with Gasteiger partial charge in [-0.3, -0.25) is 0 Å². The molecule has 0 bridgehead atoms. The summed E-state index contributed by atoms with van der Waals surface area (Å²) in [6.45, 7) is 0.494. The lowest BCUT2D eigenvalue weighted by molar-refractivity contribution is 0.305. The van der Waals surface area contributed by atoms with Gasteiger partial charge < -0.3 is 19.0 Å². The van der Waals surface area contributed by atoms with Crippen molar-refractivity contribution in [3.63, 3.8) is 0 Å². The minimum absolute atomic E-state index is 0.401. The molecule has 4 nitrogen and oxygen atoms in total. The van der Waals surface area contributed by atoms with Crippen molar-refractivity contribution in [2.75, 3.05) is 0 Å². The summed E-state index contributed by atoms with van der Waals surface area (Å²) in [6.07, 6.45) is 0. The van der Waals surface area contributed by atoms with Gasteiger partial charge in [-0.25, -0.2) is 0 Å². The summed E-state index contributed by atoms with van der Waals surface area (Å²) in [5.41, 5.74) is 1.09. The molecule has 0 atom stereocenters. The summed E-state index contributed by atoms with van der Waals surface area (Å²) < 4.78 is 10.3. The quantitative estimate of drug-likeness (QED) is 0.815. The van der Waals surface area contributed by atoms with Crippen molar-refractivity contribution in [3.8, 4) is 11.5 Å². The van der Waals surface area contributed by atoms with E-state index in [0.29, 0.717) is 18.1 Å². The molecule has 0 aliphatic heterocycles. The SMILES string of the molecule is OP(O)Oc1ccc(OCc2ccccc2)cc1. The summed E-state index contributed by atoms with van der Waals surface area (Å²) in [5.74, 6) is 1.10. The van der Waals surface area contributed by atoms with Gasteiger partial charge in [0.25, 0.3) is 0 Å². The van der Waals surface area contributed by atoms with Crippen LogP contribution in [-0.2, 0) is 6.61 Å². The Labute approximate surface area is 106 Å². The first-order valence-electron chi connectivity index (χ1n) is 5.37. The molecular weight excluding hydrogens is 251 g/mol. The van der Waals surface area contributed by atoms with Crippen LogP contribution in [0.4, 0.5) is 0 Å². The van der Waals surface area contributed by atoms with Gasteiger partial charge >= 0.3 is 8.60 Å². The Morgan fingerprint density at radius 1 is 0.833 bits per heavy atom. The molecule has 0 radical (unpaired) electrons. The van der Waals surface area contributed by atoms with Crippen LogP contribution in [0.1, 0.15) is 5.56 Å². The van der Waals surface area contributed by atoms with Crippen LogP contribution in [0.25, 0.3) is 0 Å². The lowest BCUT2D eigenvalue weighted by Gasteiger charge is -2.08. The minimum Gasteiger partial charge on any atom is -0.489 e. The van der Waals surface area contributed by atoms with Gasteiger partial charge in [-0.2, -0.15) is 0 Å². The Hall–Kier alpha value is -1.61. The van der Waals surface area contributed by atoms with Crippen LogP contribution in [0.2, 0.25) is 0 Å². The van der Waals surface area contributed by atoms with Crippen molar-refractivity contribution in [3.05, 3.63) is 60.2 Å². The van der Waals surface area contributed by atoms with E-state index < -0.39 is 8.60 Å². The predicted octanol–water partition coefficient (Wildman–Crippen LogP) is 2.86. The summed E-state index contributed by atoms with van der Waals surface area (Å²) >= 11 is 0. The van der Waals surface area contributed by atoms with Crippen molar-refractivity contribution in [1.82, 2.24) is 0 Å². The largest absolute Gasteiger partial charge is 0.489 e. The third-order valence-corrected chi connectivity index (χ3v) is 2.63. The van der Waals surface area contributed by atoms with Crippen LogP contribution in [0, 0.1) is 0 Å². The Morgan fingerprint density at radius 2 is 1.44 bits per heavy atom. The molecule has 0 spiro atoms. The third kappa shape index (κ3) is 4.00. The molecule has 0 aliphatic rings. The van der Waals surface area contributed by atoms with Crippen LogP contribution >= 0.6 is 8.60 Å². The molecule has 0 heterocycles. The molecule has 0 aliphatic carbocycles. The second kappa shape index (κ2) is 6.36. The zero-order valence-electron chi connectivity index (χ0n) is 9.56. The Bertz CT molecular complexity index is 470. The van der Waals surface area contributed by atoms with E-state index in [1.54, 1.807) is 24.3 Å². The molecular formula is C13H13O4P. The van der Waals surface area contributed by atoms with Crippen LogP contribution in [0.3, 0.4) is 0 Å². The molecule has 0 unspecified atom stereocenters. The van der Waals surface area contributed by atoms with Crippen LogP contribution < -0.4 is 9.26 Å². The highest BCUT2D eigenvalue weighted by molar-refractivity contribution is 7.39. The number of hydrogen-bond acceptors (Lipinski definition) is 4. The first kappa shape index (κ1) is 12.8. The number of ether oxygens (including phenoxy) is 1. The lowest BCUT2D eigenvalue weighted by Crippen LogP contribution is -1.94. The van der Waals surface area contributed by atoms with Crippen LogP contribution in [0.15, 0.2) is 54.6 Å². The van der Waals surface area contributed by atoms with E-state index in [9.17, 15) is 0 Å². The first-order valence-corrected chi connectivity index (χ1v) is 6.53. The van der Waals surface area contributed by atoms with E-state index in [1.165, 1.54) is 0 Å². The molecule has 18 heavy (non-hydrogen) atoms. The number of rotatable bonds is 5. The van der Waals surface area contributed by atoms with Crippen LogP contribution in [0.5, 0.6) is 11.5 Å². The zero-order valence-corrected chi connectivity index (χ0v) is 10.5. The molecule has 2 aromatic rings. The monoisotopic (exact) mass is 264 g/mol. The fraction of sp³-hybridized carbons (Fsp3) is 0.0769. The molecule has 0 saturated heterocycles. The van der Waals surface area contributed by atoms with E-state index >= 15 is 0 Å². The molecule has 2 aromatic carbocycles. The number of hydrogen-bond donors (Lipinski definition) is 2. The highest BCUT2D eigenvalue weighted by Gasteiger charge is 2.02. The average molecular weight is 264 g/mol. The number of benzene rings is 2. The molecule has 0 amide bonds. The highest BCUT2D eigenvalue weighted by atomic mass is 31.2. The van der Waals surface area contributed by atoms with Gasteiger partial charge in [0.1, 0.15) is 18.1 Å². The van der Waals surface area contributed by atoms with Gasteiger partial charge in [0, 0.05) is 0 Å². The van der Waals surface area contributed by atoms with Gasteiger partial charge in [-0.1, -0.05) is 30.3 Å². The molecule has 2 N–H and O–H groups in total. The Balaban J connectivity index is 1.90. The van der Waals surface area contributed by atoms with Gasteiger partial charge in [0.2, 0.25) is 0 Å². The summed E-state index contributed by atoms with van der Waals surface area (Å²) in [7, 11) is -2.37. The van der Waals surface area contributed by atoms with Crippen LogP contribution in [-0.4, -0.2) is 9.79 Å². The van der Waals surface area contributed by atoms with Crippen molar-refractivity contribution >= 4 is 8.60 Å². The topological polar surface area (TPSA) is 58.9 Å². The van der Waals surface area contributed by atoms with E-state index in [1.807, 2.05) is 30.3 Å². The fourth-order valence-corrected chi connectivity index (χ4v) is 1.74. The smallest absolute Gasteiger partial charge is 0.391 e. The fourth-order valence-electron chi connectivity index (χ4n) is 1.43. The van der Waals surface area contributed by atoms with Gasteiger partial charge in [-0.05, 0) is 29.8 Å². The van der Waals surface area contributed by atoms with Gasteiger partial charge in [-0.15, -0.1) is 0 Å². The molecule has 0 fully saturated rings. The van der Waals surface area contributed by atoms with Crippen molar-refractivity contribution < 1.29 is 19.0 Å². The first-order chi connectivity index (χ1) is 8.74. The molecule has 94 valence electrons. The van der Waals surface area contributed by atoms with E-state index in [-0.39, 0.29) is 0 Å². The minimum atomic E-state index is -2.37. The second-order valence-corrected chi connectivity index (χ2v) is 4.28. The van der Waals surface area contributed by atoms with E-state index in [2.05, 4.69) is 0 Å². The normalized spacial score (nSPS) is 10.4. The Morgan fingerprint density at radius 3 is 2.06 bits per heavy atom. The third-order valence-electron chi connectivity index (χ3n) is 2.26. The summed E-state index contributed by atoms with van der Waals surface area (Å²) in [4.78, 5) is 17.4. The van der Waals surface area contributed by atoms with Crippen molar-refractivity contribution in [2.24, 2.45) is 0 Å². The highest BCUT2D eigenvalue weighted by Crippen LogP contribution is 2.29. The average Bonchev–Trinajstić information content (AvgIpc) is 2.38. The maximum absolute atomic E-state index is 8.69. The molecule has 0 aromatic heterocycles. The van der Waals surface area contributed by atoms with Crippen molar-refractivity contribution in [2.45, 2.75) is 6.61 Å². The van der Waals surface area contributed by atoms with Gasteiger partial charge in [0.15, 0.2) is 0 Å². The molecule has 5 heteroatoms. The lowest BCUT2D eigenvalue weighted by atomic mass is 10.2. The second-order valence-electron chi connectivity index (χ2n) is 3.59. The molecule has 2 rings (SSSR count). The maximum Gasteiger partial charge on any atom is 0.391 e. The van der Waals surface area contributed by atoms with E-state index in [4.69, 9.17) is 19.0 Å². The van der Waals surface area contributed by atoms with E-state index in [0.717, 1.165) is 5.56 Å². The zero-order chi connectivity index (χ0) is 12.8. The standard InChI is InChI=1S/C13H13O4P/c14-18(15)17-13-8-6-12(7-9-13)16-10-11-4-2-1-3-5-11/h1-9,14-15H,10H2. The predicted molar refractivity (Wildman–Crippen MR) is 69.2 cm³/mol. The summed E-state index contributed by atoms with van der Waals surface area (Å²) in [6, 6.07) is 16.5. The maximum atomic E-state index is 8.69. The van der Waals surface area contributed by atoms with Crippen molar-refractivity contribution in [1.29, 1.82) is 0 Å². The Kier molecular flexibility index (Phi) is 4.53. The summed E-state index contributed by atoms with van der Waals surface area (Å²) in [5, 5.41) is 0. The van der Waals surface area contributed by atoms with Gasteiger partial charge in [0.05, 0.1) is 0 Å². The molecule has 0 saturated carbocycles.